The number of carbonyl (C=O) groups is 1. The van der Waals surface area contributed by atoms with Gasteiger partial charge in [-0.25, -0.2) is 0 Å². The van der Waals surface area contributed by atoms with Crippen molar-refractivity contribution in [3.8, 4) is 0 Å². The van der Waals surface area contributed by atoms with Crippen molar-refractivity contribution in [2.75, 3.05) is 0 Å². The van der Waals surface area contributed by atoms with Crippen LogP contribution in [0.5, 0.6) is 0 Å². The first-order valence-electron chi connectivity index (χ1n) is 11.9. The zero-order valence-corrected chi connectivity index (χ0v) is 18.6. The van der Waals surface area contributed by atoms with Gasteiger partial charge in [0.25, 0.3) is 0 Å². The number of fused-ring (bicyclic) bond motifs is 2. The Kier molecular flexibility index (Phi) is 7.76. The molecule has 1 N–H and O–H groups in total. The molecule has 168 valence electrons. The van der Waals surface area contributed by atoms with E-state index in [2.05, 4.69) is 47.8 Å². The highest BCUT2D eigenvalue weighted by molar-refractivity contribution is 5.66. The number of nitrogens with zero attached hydrogens (tertiary/aromatic N) is 1. The molecule has 4 atom stereocenters. The number of oxime groups is 1. The lowest BCUT2D eigenvalue weighted by Crippen LogP contribution is -2.23. The standard InChI is InChI=1S/C28H33NO3/c30-27(31)16-10-2-1-9-15-25-23-17-18-24(19-23)26(25)20-29-32-28(21-11-5-3-6-12-21)22-13-7-4-8-14-22/h1,3-9,11-14,20,23-26,28H,2,10,15-19H2,(H,30,31)/b9-1-,29-20+/t23-,24-,25+,26+/m1/s1. The van der Waals surface area contributed by atoms with Crippen LogP contribution in [0.4, 0.5) is 0 Å². The summed E-state index contributed by atoms with van der Waals surface area (Å²) >= 11 is 0. The van der Waals surface area contributed by atoms with Gasteiger partial charge in [0.15, 0.2) is 6.10 Å². The Labute approximate surface area is 191 Å². The van der Waals surface area contributed by atoms with Crippen LogP contribution in [-0.2, 0) is 9.63 Å². The first-order valence-corrected chi connectivity index (χ1v) is 11.9. The molecule has 0 amide bonds. The van der Waals surface area contributed by atoms with Gasteiger partial charge in [-0.1, -0.05) is 78.0 Å². The van der Waals surface area contributed by atoms with E-state index in [1.165, 1.54) is 19.3 Å². The number of allylic oxidation sites excluding steroid dienone is 2. The van der Waals surface area contributed by atoms with Crippen LogP contribution in [0.25, 0.3) is 0 Å². The van der Waals surface area contributed by atoms with Gasteiger partial charge < -0.3 is 9.94 Å². The molecule has 0 unspecified atom stereocenters. The highest BCUT2D eigenvalue weighted by Gasteiger charge is 2.46. The van der Waals surface area contributed by atoms with Gasteiger partial charge in [-0.15, -0.1) is 0 Å². The summed E-state index contributed by atoms with van der Waals surface area (Å²) in [5.74, 6) is 1.85. The smallest absolute Gasteiger partial charge is 0.303 e. The molecular formula is C28H33NO3. The fourth-order valence-electron chi connectivity index (χ4n) is 5.52. The van der Waals surface area contributed by atoms with E-state index in [-0.39, 0.29) is 12.5 Å². The summed E-state index contributed by atoms with van der Waals surface area (Å²) in [5, 5.41) is 13.3. The molecule has 0 radical (unpaired) electrons. The molecule has 0 heterocycles. The summed E-state index contributed by atoms with van der Waals surface area (Å²) < 4.78 is 0. The van der Waals surface area contributed by atoms with Crippen molar-refractivity contribution in [1.29, 1.82) is 0 Å². The predicted molar refractivity (Wildman–Crippen MR) is 127 cm³/mol. The van der Waals surface area contributed by atoms with E-state index in [4.69, 9.17) is 9.94 Å². The lowest BCUT2D eigenvalue weighted by atomic mass is 9.78. The van der Waals surface area contributed by atoms with Gasteiger partial charge in [-0.3, -0.25) is 4.79 Å². The average molecular weight is 432 g/mol. The van der Waals surface area contributed by atoms with E-state index in [9.17, 15) is 4.79 Å². The Morgan fingerprint density at radius 2 is 1.66 bits per heavy atom. The quantitative estimate of drug-likeness (QED) is 0.188. The SMILES string of the molecule is O=C(O)CCC/C=C\C[C@H]1[C@@H]2CC[C@H](C2)[C@@H]1/C=N/OC(c1ccccc1)c1ccccc1. The minimum absolute atomic E-state index is 0.208. The average Bonchev–Trinajstić information content (AvgIpc) is 3.42. The number of carboxylic acid groups (broad SMARTS) is 1. The molecule has 2 saturated carbocycles. The molecule has 2 aliphatic rings. The van der Waals surface area contributed by atoms with Crippen molar-refractivity contribution in [2.24, 2.45) is 28.8 Å². The van der Waals surface area contributed by atoms with Crippen LogP contribution in [0.2, 0.25) is 0 Å². The van der Waals surface area contributed by atoms with Crippen molar-refractivity contribution in [3.63, 3.8) is 0 Å². The number of hydrogen-bond acceptors (Lipinski definition) is 3. The van der Waals surface area contributed by atoms with Crippen LogP contribution in [0, 0.1) is 23.7 Å². The molecule has 4 heteroatoms. The Bertz CT molecular complexity index is 869. The normalized spacial score (nSPS) is 24.7. The van der Waals surface area contributed by atoms with Gasteiger partial charge in [0.2, 0.25) is 0 Å². The Hall–Kier alpha value is -2.88. The third-order valence-corrected chi connectivity index (χ3v) is 7.10. The highest BCUT2D eigenvalue weighted by Crippen LogP contribution is 2.53. The molecule has 4 rings (SSSR count). The molecule has 4 nitrogen and oxygen atoms in total. The first kappa shape index (κ1) is 22.3. The van der Waals surface area contributed by atoms with E-state index in [1.807, 2.05) is 36.4 Å². The largest absolute Gasteiger partial charge is 0.481 e. The summed E-state index contributed by atoms with van der Waals surface area (Å²) in [6.07, 6.45) is 13.0. The molecule has 0 aromatic heterocycles. The number of hydrogen-bond donors (Lipinski definition) is 1. The van der Waals surface area contributed by atoms with Gasteiger partial charge in [0.1, 0.15) is 0 Å². The molecule has 2 bridgehead atoms. The van der Waals surface area contributed by atoms with Gasteiger partial charge in [0.05, 0.1) is 0 Å². The van der Waals surface area contributed by atoms with Crippen LogP contribution in [0.3, 0.4) is 0 Å². The Morgan fingerprint density at radius 1 is 1.00 bits per heavy atom. The molecule has 2 aliphatic carbocycles. The first-order chi connectivity index (χ1) is 15.7. The van der Waals surface area contributed by atoms with Gasteiger partial charge in [-0.2, -0.15) is 0 Å². The monoisotopic (exact) mass is 431 g/mol. The summed E-state index contributed by atoms with van der Waals surface area (Å²) in [6, 6.07) is 20.5. The minimum Gasteiger partial charge on any atom is -0.481 e. The van der Waals surface area contributed by atoms with Crippen molar-refractivity contribution in [1.82, 2.24) is 0 Å². The molecular weight excluding hydrogens is 398 g/mol. The summed E-state index contributed by atoms with van der Waals surface area (Å²) in [6.45, 7) is 0. The maximum Gasteiger partial charge on any atom is 0.303 e. The maximum atomic E-state index is 10.6. The fourth-order valence-corrected chi connectivity index (χ4v) is 5.52. The molecule has 2 aromatic carbocycles. The lowest BCUT2D eigenvalue weighted by Gasteiger charge is -2.27. The van der Waals surface area contributed by atoms with Crippen LogP contribution in [0.1, 0.15) is 62.2 Å². The third-order valence-electron chi connectivity index (χ3n) is 7.10. The minimum atomic E-state index is -0.716. The highest BCUT2D eigenvalue weighted by atomic mass is 16.6. The van der Waals surface area contributed by atoms with Crippen LogP contribution >= 0.6 is 0 Å². The second-order valence-electron chi connectivity index (χ2n) is 9.13. The van der Waals surface area contributed by atoms with E-state index in [0.29, 0.717) is 24.2 Å². The van der Waals surface area contributed by atoms with Crippen molar-refractivity contribution in [3.05, 3.63) is 83.9 Å². The summed E-state index contributed by atoms with van der Waals surface area (Å²) in [7, 11) is 0. The van der Waals surface area contributed by atoms with E-state index < -0.39 is 5.97 Å². The molecule has 2 aromatic rings. The number of aliphatic carboxylic acids is 1. The maximum absolute atomic E-state index is 10.6. The number of benzene rings is 2. The van der Waals surface area contributed by atoms with Gasteiger partial charge >= 0.3 is 5.97 Å². The van der Waals surface area contributed by atoms with Crippen LogP contribution in [0.15, 0.2) is 78.0 Å². The topological polar surface area (TPSA) is 58.9 Å². The zero-order valence-electron chi connectivity index (χ0n) is 18.6. The molecule has 32 heavy (non-hydrogen) atoms. The van der Waals surface area contributed by atoms with Gasteiger partial charge in [0, 0.05) is 18.6 Å². The predicted octanol–water partition coefficient (Wildman–Crippen LogP) is 6.64. The van der Waals surface area contributed by atoms with E-state index in [0.717, 1.165) is 29.9 Å². The second-order valence-corrected chi connectivity index (χ2v) is 9.13. The van der Waals surface area contributed by atoms with Gasteiger partial charge in [-0.05, 0) is 67.4 Å². The van der Waals surface area contributed by atoms with Crippen molar-refractivity contribution < 1.29 is 14.7 Å². The van der Waals surface area contributed by atoms with Crippen LogP contribution in [-0.4, -0.2) is 17.3 Å². The van der Waals surface area contributed by atoms with Crippen LogP contribution < -0.4 is 0 Å². The van der Waals surface area contributed by atoms with E-state index >= 15 is 0 Å². The Morgan fingerprint density at radius 3 is 2.31 bits per heavy atom. The molecule has 0 spiro atoms. The molecule has 2 fully saturated rings. The number of unbranched alkanes of at least 4 members (excludes halogenated alkanes) is 1. The third kappa shape index (κ3) is 5.67. The second kappa shape index (κ2) is 11.1. The van der Waals surface area contributed by atoms with Crippen molar-refractivity contribution in [2.45, 2.75) is 51.0 Å². The molecule has 0 saturated heterocycles. The zero-order chi connectivity index (χ0) is 22.2. The lowest BCUT2D eigenvalue weighted by molar-refractivity contribution is -0.137. The summed E-state index contributed by atoms with van der Waals surface area (Å²) in [5.41, 5.74) is 2.20. The summed E-state index contributed by atoms with van der Waals surface area (Å²) in [4.78, 5) is 16.8. The number of rotatable bonds is 11. The Balaban J connectivity index is 1.39. The number of carboxylic acids is 1. The van der Waals surface area contributed by atoms with E-state index in [1.54, 1.807) is 0 Å². The fraction of sp³-hybridized carbons (Fsp3) is 0.429. The van der Waals surface area contributed by atoms with Crippen molar-refractivity contribution >= 4 is 12.2 Å². The molecule has 0 aliphatic heterocycles.